The van der Waals surface area contributed by atoms with E-state index in [0.29, 0.717) is 11.6 Å². The van der Waals surface area contributed by atoms with E-state index in [1.807, 2.05) is 0 Å². The Balaban J connectivity index is 1.49. The van der Waals surface area contributed by atoms with E-state index < -0.39 is 15.9 Å². The van der Waals surface area contributed by atoms with Crippen molar-refractivity contribution < 1.29 is 18.0 Å². The molecule has 3 aliphatic rings. The number of amides is 2. The van der Waals surface area contributed by atoms with Crippen LogP contribution in [0.4, 0.5) is 5.13 Å². The van der Waals surface area contributed by atoms with Crippen molar-refractivity contribution in [2.24, 2.45) is 5.10 Å². The highest BCUT2D eigenvalue weighted by Crippen LogP contribution is 2.30. The highest BCUT2D eigenvalue weighted by atomic mass is 32.2. The number of hydrogen-bond acceptors (Lipinski definition) is 7. The van der Waals surface area contributed by atoms with Gasteiger partial charge >= 0.3 is 0 Å². The Hall–Kier alpha value is -1.81. The molecule has 0 saturated carbocycles. The number of fused-ring (bicyclic) bond motifs is 1. The van der Waals surface area contributed by atoms with Gasteiger partial charge in [-0.1, -0.05) is 0 Å². The lowest BCUT2D eigenvalue weighted by molar-refractivity contribution is -0.133. The molecule has 1 atom stereocenters. The fourth-order valence-corrected chi connectivity index (χ4v) is 6.30. The quantitative estimate of drug-likeness (QED) is 0.824. The smallest absolute Gasteiger partial charge is 0.273 e. The molecule has 0 spiro atoms. The predicted molar refractivity (Wildman–Crippen MR) is 98.0 cm³/mol. The van der Waals surface area contributed by atoms with Crippen LogP contribution in [0.15, 0.2) is 5.10 Å². The van der Waals surface area contributed by atoms with E-state index in [-0.39, 0.29) is 41.9 Å². The normalized spacial score (nSPS) is 24.9. The first kappa shape index (κ1) is 17.6. The van der Waals surface area contributed by atoms with E-state index in [9.17, 15) is 18.0 Å². The zero-order valence-electron chi connectivity index (χ0n) is 14.2. The molecule has 3 heterocycles. The minimum atomic E-state index is -3.13. The van der Waals surface area contributed by atoms with E-state index >= 15 is 0 Å². The first-order valence-electron chi connectivity index (χ1n) is 8.81. The number of anilines is 1. The molecule has 1 aromatic heterocycles. The number of hydrazone groups is 1. The maximum absolute atomic E-state index is 12.5. The van der Waals surface area contributed by atoms with E-state index in [0.717, 1.165) is 31.4 Å². The molecule has 0 aromatic carbocycles. The van der Waals surface area contributed by atoms with E-state index in [4.69, 9.17) is 0 Å². The third-order valence-electron chi connectivity index (χ3n) is 4.94. The Morgan fingerprint density at radius 1 is 1.19 bits per heavy atom. The van der Waals surface area contributed by atoms with Crippen LogP contribution in [0.2, 0.25) is 0 Å². The van der Waals surface area contributed by atoms with Gasteiger partial charge in [-0.3, -0.25) is 14.9 Å². The largest absolute Gasteiger partial charge is 0.297 e. The number of hydrogen-bond donors (Lipinski definition) is 1. The standard InChI is InChI=1S/C16H20N4O4S2/c21-14-6-5-12(19-20(14)10-7-8-26(23,24)9-10)15(22)18-16-17-11-3-1-2-4-13(11)25-16/h10H,1-9H2,(H,17,18,22)/t10-/m1/s1. The molecular weight excluding hydrogens is 376 g/mol. The molecule has 0 unspecified atom stereocenters. The summed E-state index contributed by atoms with van der Waals surface area (Å²) in [6.07, 6.45) is 5.01. The Morgan fingerprint density at radius 3 is 2.73 bits per heavy atom. The molecular formula is C16H20N4O4S2. The van der Waals surface area contributed by atoms with Gasteiger partial charge in [0.05, 0.1) is 23.2 Å². The molecule has 8 nitrogen and oxygen atoms in total. The fraction of sp³-hybridized carbons (Fsp3) is 0.625. The maximum atomic E-state index is 12.5. The summed E-state index contributed by atoms with van der Waals surface area (Å²) in [5.74, 6) is -0.623. The third kappa shape index (κ3) is 3.52. The van der Waals surface area contributed by atoms with Gasteiger partial charge < -0.3 is 0 Å². The highest BCUT2D eigenvalue weighted by molar-refractivity contribution is 7.91. The summed E-state index contributed by atoms with van der Waals surface area (Å²) in [7, 11) is -3.13. The number of aryl methyl sites for hydroxylation is 2. The average Bonchev–Trinajstić information content (AvgIpc) is 3.17. The van der Waals surface area contributed by atoms with Crippen molar-refractivity contribution in [2.45, 2.75) is 51.0 Å². The minimum absolute atomic E-state index is 0.0587. The number of nitrogens with zero attached hydrogens (tertiary/aromatic N) is 3. The summed E-state index contributed by atoms with van der Waals surface area (Å²) in [5, 5.41) is 8.75. The Bertz CT molecular complexity index is 867. The third-order valence-corrected chi connectivity index (χ3v) is 7.77. The summed E-state index contributed by atoms with van der Waals surface area (Å²) in [5.41, 5.74) is 1.32. The number of nitrogens with one attached hydrogen (secondary N) is 1. The number of aromatic nitrogens is 1. The first-order chi connectivity index (χ1) is 12.4. The number of thiazole rings is 1. The van der Waals surface area contributed by atoms with Crippen molar-refractivity contribution in [2.75, 3.05) is 16.8 Å². The Morgan fingerprint density at radius 2 is 2.00 bits per heavy atom. The van der Waals surface area contributed by atoms with E-state index in [2.05, 4.69) is 15.4 Å². The highest BCUT2D eigenvalue weighted by Gasteiger charge is 2.37. The second-order valence-electron chi connectivity index (χ2n) is 6.89. The molecule has 1 fully saturated rings. The van der Waals surface area contributed by atoms with Crippen molar-refractivity contribution in [3.63, 3.8) is 0 Å². The van der Waals surface area contributed by atoms with E-state index in [1.54, 1.807) is 0 Å². The van der Waals surface area contributed by atoms with Gasteiger partial charge in [0.25, 0.3) is 5.91 Å². The topological polar surface area (TPSA) is 109 Å². The van der Waals surface area contributed by atoms with Crippen LogP contribution in [-0.4, -0.2) is 53.5 Å². The number of rotatable bonds is 3. The molecule has 26 heavy (non-hydrogen) atoms. The van der Waals surface area contributed by atoms with Crippen molar-refractivity contribution in [1.82, 2.24) is 9.99 Å². The van der Waals surface area contributed by atoms with Crippen LogP contribution in [-0.2, 0) is 32.3 Å². The molecule has 140 valence electrons. The van der Waals surface area contributed by atoms with Gasteiger partial charge in [0.1, 0.15) is 5.71 Å². The second kappa shape index (κ2) is 6.73. The fourth-order valence-electron chi connectivity index (χ4n) is 3.56. The summed E-state index contributed by atoms with van der Waals surface area (Å²) in [4.78, 5) is 30.4. The molecule has 4 rings (SSSR count). The average molecular weight is 396 g/mol. The molecule has 10 heteroatoms. The molecule has 0 radical (unpaired) electrons. The summed E-state index contributed by atoms with van der Waals surface area (Å²) in [6.45, 7) is 0. The number of carbonyl (C=O) groups excluding carboxylic acids is 2. The van der Waals surface area contributed by atoms with Crippen molar-refractivity contribution in [3.8, 4) is 0 Å². The molecule has 0 bridgehead atoms. The molecule has 2 aliphatic heterocycles. The summed E-state index contributed by atoms with van der Waals surface area (Å²) >= 11 is 1.50. The van der Waals surface area contributed by atoms with Crippen LogP contribution in [0.25, 0.3) is 0 Å². The van der Waals surface area contributed by atoms with Crippen molar-refractivity contribution in [3.05, 3.63) is 10.6 Å². The lowest BCUT2D eigenvalue weighted by Gasteiger charge is -2.27. The molecule has 1 saturated heterocycles. The molecule has 2 amide bonds. The SMILES string of the molecule is O=C(Nc1nc2c(s1)CCCC2)C1=NN([C@@H]2CCS(=O)(=O)C2)C(=O)CC1. The van der Waals surface area contributed by atoms with Crippen LogP contribution in [0.3, 0.4) is 0 Å². The van der Waals surface area contributed by atoms with Gasteiger partial charge in [-0.15, -0.1) is 11.3 Å². The van der Waals surface area contributed by atoms with Crippen LogP contribution in [0.5, 0.6) is 0 Å². The Kier molecular flexibility index (Phi) is 4.55. The minimum Gasteiger partial charge on any atom is -0.297 e. The number of carbonyl (C=O) groups is 2. The summed E-state index contributed by atoms with van der Waals surface area (Å²) in [6, 6.07) is -0.470. The van der Waals surface area contributed by atoms with Crippen LogP contribution in [0.1, 0.15) is 42.7 Å². The van der Waals surface area contributed by atoms with Crippen molar-refractivity contribution >= 4 is 43.8 Å². The zero-order valence-corrected chi connectivity index (χ0v) is 15.9. The maximum Gasteiger partial charge on any atom is 0.273 e. The lowest BCUT2D eigenvalue weighted by Crippen LogP contribution is -2.42. The monoisotopic (exact) mass is 396 g/mol. The van der Waals surface area contributed by atoms with Crippen LogP contribution < -0.4 is 5.32 Å². The van der Waals surface area contributed by atoms with Gasteiger partial charge in [0.15, 0.2) is 15.0 Å². The lowest BCUT2D eigenvalue weighted by atomic mass is 10.0. The number of sulfone groups is 1. The zero-order chi connectivity index (χ0) is 18.3. The molecule has 1 N–H and O–H groups in total. The van der Waals surface area contributed by atoms with E-state index in [1.165, 1.54) is 21.2 Å². The van der Waals surface area contributed by atoms with Gasteiger partial charge in [-0.25, -0.2) is 18.4 Å². The van der Waals surface area contributed by atoms with Gasteiger partial charge in [0.2, 0.25) is 5.91 Å². The predicted octanol–water partition coefficient (Wildman–Crippen LogP) is 1.13. The summed E-state index contributed by atoms with van der Waals surface area (Å²) < 4.78 is 23.3. The Labute approximate surface area is 155 Å². The van der Waals surface area contributed by atoms with Crippen molar-refractivity contribution in [1.29, 1.82) is 0 Å². The molecule has 1 aromatic rings. The van der Waals surface area contributed by atoms with Crippen LogP contribution >= 0.6 is 11.3 Å². The second-order valence-corrected chi connectivity index (χ2v) is 10.2. The van der Waals surface area contributed by atoms with Crippen LogP contribution in [0, 0.1) is 0 Å². The van der Waals surface area contributed by atoms with Gasteiger partial charge in [-0.2, -0.15) is 5.10 Å². The molecule has 1 aliphatic carbocycles. The van der Waals surface area contributed by atoms with Gasteiger partial charge in [-0.05, 0) is 32.1 Å². The van der Waals surface area contributed by atoms with Gasteiger partial charge in [0, 0.05) is 17.7 Å². The first-order valence-corrected chi connectivity index (χ1v) is 11.4.